The van der Waals surface area contributed by atoms with Crippen LogP contribution in [0.5, 0.6) is 0 Å². The van der Waals surface area contributed by atoms with E-state index in [0.717, 1.165) is 30.6 Å². The maximum absolute atomic E-state index is 6.12. The molecule has 0 amide bonds. The molecule has 0 aliphatic carbocycles. The topological polar surface area (TPSA) is 55.3 Å². The quantitative estimate of drug-likeness (QED) is 0.888. The fraction of sp³-hybridized carbons (Fsp3) is 0.333. The molecule has 0 aliphatic heterocycles. The maximum Gasteiger partial charge on any atom is 0.0551 e. The standard InChI is InChI=1S/C13H13N.C5H14N2/c14-13(11-7-3-1-4-8-11)12-9-5-2-6-10-12;1-7(2)5-3-4-6/h1-10,13H,14H2;3-6H2,1-2H3. The summed E-state index contributed by atoms with van der Waals surface area (Å²) in [7, 11) is 4.10. The van der Waals surface area contributed by atoms with Gasteiger partial charge >= 0.3 is 0 Å². The highest BCUT2D eigenvalue weighted by Gasteiger charge is 2.06. The molecule has 0 radical (unpaired) electrons. The molecule has 0 unspecified atom stereocenters. The van der Waals surface area contributed by atoms with Crippen LogP contribution in [0.2, 0.25) is 0 Å². The van der Waals surface area contributed by atoms with Crippen molar-refractivity contribution in [2.24, 2.45) is 11.5 Å². The van der Waals surface area contributed by atoms with Gasteiger partial charge in [-0.05, 0) is 44.7 Å². The van der Waals surface area contributed by atoms with Crippen LogP contribution in [0.25, 0.3) is 0 Å². The van der Waals surface area contributed by atoms with E-state index in [4.69, 9.17) is 11.5 Å². The number of rotatable bonds is 5. The number of nitrogens with two attached hydrogens (primary N) is 2. The van der Waals surface area contributed by atoms with Gasteiger partial charge in [-0.2, -0.15) is 0 Å². The average Bonchev–Trinajstić information content (AvgIpc) is 2.54. The molecular weight excluding hydrogens is 258 g/mol. The van der Waals surface area contributed by atoms with Gasteiger partial charge in [-0.1, -0.05) is 60.7 Å². The van der Waals surface area contributed by atoms with E-state index in [1.165, 1.54) is 0 Å². The first-order valence-corrected chi connectivity index (χ1v) is 7.35. The minimum atomic E-state index is -0.0163. The third-order valence-electron chi connectivity index (χ3n) is 3.13. The first-order valence-electron chi connectivity index (χ1n) is 7.35. The molecule has 3 heteroatoms. The molecule has 0 saturated heterocycles. The van der Waals surface area contributed by atoms with E-state index in [-0.39, 0.29) is 6.04 Å². The van der Waals surface area contributed by atoms with Crippen LogP contribution < -0.4 is 11.5 Å². The molecule has 4 N–H and O–H groups in total. The van der Waals surface area contributed by atoms with Crippen molar-refractivity contribution in [3.8, 4) is 0 Å². The van der Waals surface area contributed by atoms with Gasteiger partial charge in [0.05, 0.1) is 6.04 Å². The normalized spacial score (nSPS) is 10.4. The Morgan fingerprint density at radius 3 is 1.57 bits per heavy atom. The summed E-state index contributed by atoms with van der Waals surface area (Å²) < 4.78 is 0. The number of hydrogen-bond donors (Lipinski definition) is 2. The summed E-state index contributed by atoms with van der Waals surface area (Å²) in [6.45, 7) is 1.91. The Bertz CT molecular complexity index is 429. The summed E-state index contributed by atoms with van der Waals surface area (Å²) in [6.07, 6.45) is 1.10. The molecule has 0 saturated carbocycles. The highest BCUT2D eigenvalue weighted by molar-refractivity contribution is 5.30. The summed E-state index contributed by atoms with van der Waals surface area (Å²) in [6, 6.07) is 20.2. The van der Waals surface area contributed by atoms with E-state index < -0.39 is 0 Å². The summed E-state index contributed by atoms with van der Waals surface area (Å²) in [5, 5.41) is 0. The Balaban J connectivity index is 0.000000270. The van der Waals surface area contributed by atoms with Crippen LogP contribution in [0, 0.1) is 0 Å². The van der Waals surface area contributed by atoms with Crippen LogP contribution >= 0.6 is 0 Å². The molecule has 0 bridgehead atoms. The second-order valence-corrected chi connectivity index (χ2v) is 5.24. The summed E-state index contributed by atoms with van der Waals surface area (Å²) in [4.78, 5) is 2.13. The maximum atomic E-state index is 6.12. The smallest absolute Gasteiger partial charge is 0.0551 e. The van der Waals surface area contributed by atoms with Gasteiger partial charge in [-0.15, -0.1) is 0 Å². The Morgan fingerprint density at radius 1 is 0.857 bits per heavy atom. The number of benzene rings is 2. The molecule has 3 nitrogen and oxygen atoms in total. The van der Waals surface area contributed by atoms with Gasteiger partial charge in [0.2, 0.25) is 0 Å². The first-order chi connectivity index (χ1) is 10.1. The van der Waals surface area contributed by atoms with Gasteiger partial charge in [-0.25, -0.2) is 0 Å². The summed E-state index contributed by atoms with van der Waals surface area (Å²) >= 11 is 0. The van der Waals surface area contributed by atoms with Gasteiger partial charge in [0.15, 0.2) is 0 Å². The lowest BCUT2D eigenvalue weighted by Crippen LogP contribution is -2.16. The average molecular weight is 285 g/mol. The lowest BCUT2D eigenvalue weighted by Gasteiger charge is -2.11. The van der Waals surface area contributed by atoms with Crippen molar-refractivity contribution in [2.75, 3.05) is 27.2 Å². The van der Waals surface area contributed by atoms with Crippen LogP contribution in [0.3, 0.4) is 0 Å². The minimum Gasteiger partial charge on any atom is -0.330 e. The van der Waals surface area contributed by atoms with Crippen LogP contribution in [0.4, 0.5) is 0 Å². The van der Waals surface area contributed by atoms with E-state index in [1.54, 1.807) is 0 Å². The van der Waals surface area contributed by atoms with E-state index in [0.29, 0.717) is 0 Å². The summed E-state index contributed by atoms with van der Waals surface area (Å²) in [5.41, 5.74) is 13.7. The van der Waals surface area contributed by atoms with Crippen molar-refractivity contribution in [1.82, 2.24) is 4.90 Å². The monoisotopic (exact) mass is 285 g/mol. The van der Waals surface area contributed by atoms with Gasteiger partial charge in [0.25, 0.3) is 0 Å². The summed E-state index contributed by atoms with van der Waals surface area (Å²) in [5.74, 6) is 0. The lowest BCUT2D eigenvalue weighted by molar-refractivity contribution is 0.403. The fourth-order valence-corrected chi connectivity index (χ4v) is 1.92. The van der Waals surface area contributed by atoms with Gasteiger partial charge < -0.3 is 16.4 Å². The minimum absolute atomic E-state index is 0.0163. The highest BCUT2D eigenvalue weighted by atomic mass is 15.0. The van der Waals surface area contributed by atoms with E-state index >= 15 is 0 Å². The molecule has 0 heterocycles. The second kappa shape index (κ2) is 10.1. The van der Waals surface area contributed by atoms with Crippen LogP contribution in [-0.4, -0.2) is 32.1 Å². The first kappa shape index (κ1) is 17.4. The van der Waals surface area contributed by atoms with Crippen LogP contribution in [0.1, 0.15) is 23.6 Å². The molecule has 114 valence electrons. The zero-order chi connectivity index (χ0) is 15.5. The van der Waals surface area contributed by atoms with E-state index in [1.807, 2.05) is 36.4 Å². The zero-order valence-electron chi connectivity index (χ0n) is 13.1. The Morgan fingerprint density at radius 2 is 1.29 bits per heavy atom. The third-order valence-corrected chi connectivity index (χ3v) is 3.13. The second-order valence-electron chi connectivity index (χ2n) is 5.24. The lowest BCUT2D eigenvalue weighted by atomic mass is 10.00. The third kappa shape index (κ3) is 7.04. The van der Waals surface area contributed by atoms with Crippen LogP contribution in [0.15, 0.2) is 60.7 Å². The molecule has 0 aliphatic rings. The van der Waals surface area contributed by atoms with E-state index in [9.17, 15) is 0 Å². The number of hydrogen-bond acceptors (Lipinski definition) is 3. The van der Waals surface area contributed by atoms with Gasteiger partial charge in [0, 0.05) is 0 Å². The Kier molecular flexibility index (Phi) is 8.36. The van der Waals surface area contributed by atoms with Crippen molar-refractivity contribution in [1.29, 1.82) is 0 Å². The Labute approximate surface area is 128 Å². The van der Waals surface area contributed by atoms with Crippen LogP contribution in [-0.2, 0) is 0 Å². The van der Waals surface area contributed by atoms with Gasteiger partial charge in [-0.3, -0.25) is 0 Å². The molecule has 2 aromatic rings. The van der Waals surface area contributed by atoms with Gasteiger partial charge in [0.1, 0.15) is 0 Å². The van der Waals surface area contributed by atoms with Crippen molar-refractivity contribution >= 4 is 0 Å². The molecule has 0 fully saturated rings. The van der Waals surface area contributed by atoms with Crippen molar-refractivity contribution < 1.29 is 0 Å². The molecular formula is C18H27N3. The molecule has 2 rings (SSSR count). The molecule has 0 aromatic heterocycles. The molecule has 0 spiro atoms. The fourth-order valence-electron chi connectivity index (χ4n) is 1.92. The SMILES string of the molecule is CN(C)CCCN.NC(c1ccccc1)c1ccccc1. The molecule has 0 atom stereocenters. The molecule has 21 heavy (non-hydrogen) atoms. The van der Waals surface area contributed by atoms with Crippen molar-refractivity contribution in [2.45, 2.75) is 12.5 Å². The molecule has 2 aromatic carbocycles. The van der Waals surface area contributed by atoms with E-state index in [2.05, 4.69) is 43.3 Å². The Hall–Kier alpha value is -1.68. The predicted octanol–water partition coefficient (Wildman–Crippen LogP) is 2.63. The zero-order valence-corrected chi connectivity index (χ0v) is 13.1. The largest absolute Gasteiger partial charge is 0.330 e. The highest BCUT2D eigenvalue weighted by Crippen LogP contribution is 2.18. The van der Waals surface area contributed by atoms with Crippen molar-refractivity contribution in [3.05, 3.63) is 71.8 Å². The van der Waals surface area contributed by atoms with Crippen molar-refractivity contribution in [3.63, 3.8) is 0 Å². The number of nitrogens with zero attached hydrogens (tertiary/aromatic N) is 1. The predicted molar refractivity (Wildman–Crippen MR) is 91.1 cm³/mol.